The number of aromatic hydroxyl groups is 1. The third-order valence-corrected chi connectivity index (χ3v) is 2.26. The van der Waals surface area contributed by atoms with Gasteiger partial charge in [-0.15, -0.1) is 0 Å². The molecule has 1 aromatic rings. The monoisotopic (exact) mass is 197 g/mol. The van der Waals surface area contributed by atoms with Gasteiger partial charge in [-0.2, -0.15) is 0 Å². The summed E-state index contributed by atoms with van der Waals surface area (Å²) >= 11 is 0. The quantitative estimate of drug-likeness (QED) is 0.726. The SMILES string of the molecule is CC(C)(C)[C@@H](N)c1ccc(O)c(F)c1. The third-order valence-electron chi connectivity index (χ3n) is 2.26. The summed E-state index contributed by atoms with van der Waals surface area (Å²) in [7, 11) is 0. The molecule has 1 atom stereocenters. The van der Waals surface area contributed by atoms with E-state index in [9.17, 15) is 4.39 Å². The van der Waals surface area contributed by atoms with E-state index in [2.05, 4.69) is 0 Å². The minimum Gasteiger partial charge on any atom is -0.505 e. The lowest BCUT2D eigenvalue weighted by atomic mass is 9.83. The van der Waals surface area contributed by atoms with Crippen LogP contribution in [0.3, 0.4) is 0 Å². The molecule has 0 heterocycles. The molecular weight excluding hydrogens is 181 g/mol. The number of hydrogen-bond acceptors (Lipinski definition) is 2. The zero-order valence-electron chi connectivity index (χ0n) is 8.71. The maximum absolute atomic E-state index is 13.0. The van der Waals surface area contributed by atoms with Gasteiger partial charge in [0.25, 0.3) is 0 Å². The molecule has 78 valence electrons. The summed E-state index contributed by atoms with van der Waals surface area (Å²) in [6, 6.07) is 4.02. The van der Waals surface area contributed by atoms with Crippen molar-refractivity contribution >= 4 is 0 Å². The van der Waals surface area contributed by atoms with Crippen LogP contribution in [0.4, 0.5) is 4.39 Å². The molecule has 0 spiro atoms. The molecule has 0 unspecified atom stereocenters. The predicted octanol–water partition coefficient (Wildman–Crippen LogP) is 2.58. The Morgan fingerprint density at radius 2 is 1.93 bits per heavy atom. The Morgan fingerprint density at radius 3 is 2.36 bits per heavy atom. The highest BCUT2D eigenvalue weighted by molar-refractivity contribution is 5.30. The second-order valence-electron chi connectivity index (χ2n) is 4.55. The van der Waals surface area contributed by atoms with Gasteiger partial charge in [0.2, 0.25) is 0 Å². The van der Waals surface area contributed by atoms with Crippen LogP contribution in [0, 0.1) is 11.2 Å². The zero-order valence-corrected chi connectivity index (χ0v) is 8.71. The predicted molar refractivity (Wildman–Crippen MR) is 54.4 cm³/mol. The highest BCUT2D eigenvalue weighted by atomic mass is 19.1. The van der Waals surface area contributed by atoms with Crippen LogP contribution in [-0.2, 0) is 0 Å². The lowest BCUT2D eigenvalue weighted by Gasteiger charge is -2.27. The van der Waals surface area contributed by atoms with E-state index < -0.39 is 5.82 Å². The van der Waals surface area contributed by atoms with Crippen molar-refractivity contribution in [1.82, 2.24) is 0 Å². The number of benzene rings is 1. The second-order valence-corrected chi connectivity index (χ2v) is 4.55. The summed E-state index contributed by atoms with van der Waals surface area (Å²) in [5, 5.41) is 9.01. The molecule has 0 saturated heterocycles. The average molecular weight is 197 g/mol. The average Bonchev–Trinajstić information content (AvgIpc) is 2.07. The first kappa shape index (κ1) is 11.0. The van der Waals surface area contributed by atoms with E-state index in [0.717, 1.165) is 0 Å². The summed E-state index contributed by atoms with van der Waals surface area (Å²) in [5.74, 6) is -0.961. The van der Waals surface area contributed by atoms with Gasteiger partial charge in [-0.05, 0) is 23.1 Å². The lowest BCUT2D eigenvalue weighted by Crippen LogP contribution is -2.26. The van der Waals surface area contributed by atoms with Crippen LogP contribution in [0.25, 0.3) is 0 Å². The van der Waals surface area contributed by atoms with Crippen LogP contribution in [0.15, 0.2) is 18.2 Å². The molecule has 3 heteroatoms. The van der Waals surface area contributed by atoms with E-state index in [4.69, 9.17) is 10.8 Å². The summed E-state index contributed by atoms with van der Waals surface area (Å²) < 4.78 is 13.0. The number of nitrogens with two attached hydrogens (primary N) is 1. The Labute approximate surface area is 83.6 Å². The van der Waals surface area contributed by atoms with Crippen LogP contribution < -0.4 is 5.73 Å². The van der Waals surface area contributed by atoms with Crippen molar-refractivity contribution < 1.29 is 9.50 Å². The summed E-state index contributed by atoms with van der Waals surface area (Å²) in [4.78, 5) is 0. The van der Waals surface area contributed by atoms with Gasteiger partial charge >= 0.3 is 0 Å². The van der Waals surface area contributed by atoms with E-state index in [-0.39, 0.29) is 17.2 Å². The molecule has 1 aromatic carbocycles. The Morgan fingerprint density at radius 1 is 1.36 bits per heavy atom. The first-order valence-electron chi connectivity index (χ1n) is 4.56. The third kappa shape index (κ3) is 2.23. The maximum atomic E-state index is 13.0. The molecule has 0 bridgehead atoms. The molecule has 0 fully saturated rings. The van der Waals surface area contributed by atoms with Crippen molar-refractivity contribution in [3.63, 3.8) is 0 Å². The number of hydrogen-bond donors (Lipinski definition) is 2. The van der Waals surface area contributed by atoms with E-state index in [0.29, 0.717) is 5.56 Å². The molecule has 1 rings (SSSR count). The summed E-state index contributed by atoms with van der Waals surface area (Å²) in [6.45, 7) is 5.97. The van der Waals surface area contributed by atoms with Crippen LogP contribution in [0.5, 0.6) is 5.75 Å². The van der Waals surface area contributed by atoms with Crippen LogP contribution in [0.2, 0.25) is 0 Å². The summed E-state index contributed by atoms with van der Waals surface area (Å²) in [6.07, 6.45) is 0. The molecule has 0 amide bonds. The number of phenols is 1. The highest BCUT2D eigenvalue weighted by Gasteiger charge is 2.22. The fourth-order valence-electron chi connectivity index (χ4n) is 1.22. The molecule has 3 N–H and O–H groups in total. The normalized spacial score (nSPS) is 14.1. The van der Waals surface area contributed by atoms with Gasteiger partial charge in [0.1, 0.15) is 0 Å². The van der Waals surface area contributed by atoms with Crippen LogP contribution in [0.1, 0.15) is 32.4 Å². The van der Waals surface area contributed by atoms with Crippen molar-refractivity contribution in [1.29, 1.82) is 0 Å². The zero-order chi connectivity index (χ0) is 10.9. The molecule has 0 saturated carbocycles. The molecule has 0 aliphatic carbocycles. The van der Waals surface area contributed by atoms with Crippen molar-refractivity contribution in [2.75, 3.05) is 0 Å². The fourth-order valence-corrected chi connectivity index (χ4v) is 1.22. The van der Waals surface area contributed by atoms with Gasteiger partial charge < -0.3 is 10.8 Å². The Bertz CT molecular complexity index is 331. The number of rotatable bonds is 1. The van der Waals surface area contributed by atoms with Crippen LogP contribution >= 0.6 is 0 Å². The highest BCUT2D eigenvalue weighted by Crippen LogP contribution is 2.31. The molecule has 0 aromatic heterocycles. The van der Waals surface area contributed by atoms with Gasteiger partial charge in [-0.1, -0.05) is 26.8 Å². The standard InChI is InChI=1S/C11H16FNO/c1-11(2,3)10(13)7-4-5-9(14)8(12)6-7/h4-6,10,14H,13H2,1-3H3/t10-/m0/s1. The van der Waals surface area contributed by atoms with Crippen molar-refractivity contribution in [3.8, 4) is 5.75 Å². The molecule has 0 aliphatic heterocycles. The molecule has 14 heavy (non-hydrogen) atoms. The maximum Gasteiger partial charge on any atom is 0.165 e. The molecular formula is C11H16FNO. The van der Waals surface area contributed by atoms with Gasteiger partial charge in [0.15, 0.2) is 11.6 Å². The minimum absolute atomic E-state index is 0.122. The Kier molecular flexibility index (Phi) is 2.81. The van der Waals surface area contributed by atoms with Crippen molar-refractivity contribution in [2.24, 2.45) is 11.1 Å². The first-order chi connectivity index (χ1) is 6.32. The first-order valence-corrected chi connectivity index (χ1v) is 4.56. The lowest BCUT2D eigenvalue weighted by molar-refractivity contribution is 0.325. The van der Waals surface area contributed by atoms with Gasteiger partial charge in [-0.25, -0.2) is 4.39 Å². The van der Waals surface area contributed by atoms with Crippen molar-refractivity contribution in [2.45, 2.75) is 26.8 Å². The van der Waals surface area contributed by atoms with E-state index >= 15 is 0 Å². The van der Waals surface area contributed by atoms with Crippen molar-refractivity contribution in [3.05, 3.63) is 29.6 Å². The minimum atomic E-state index is -0.623. The van der Waals surface area contributed by atoms with E-state index in [1.165, 1.54) is 12.1 Å². The van der Waals surface area contributed by atoms with Gasteiger partial charge in [0.05, 0.1) is 0 Å². The topological polar surface area (TPSA) is 46.2 Å². The van der Waals surface area contributed by atoms with Gasteiger partial charge in [-0.3, -0.25) is 0 Å². The molecule has 2 nitrogen and oxygen atoms in total. The number of halogens is 1. The van der Waals surface area contributed by atoms with E-state index in [1.807, 2.05) is 20.8 Å². The van der Waals surface area contributed by atoms with Crippen LogP contribution in [-0.4, -0.2) is 5.11 Å². The smallest absolute Gasteiger partial charge is 0.165 e. The molecule has 0 aliphatic rings. The largest absolute Gasteiger partial charge is 0.505 e. The van der Waals surface area contributed by atoms with Gasteiger partial charge in [0, 0.05) is 6.04 Å². The molecule has 0 radical (unpaired) electrons. The Balaban J connectivity index is 3.03. The number of phenolic OH excluding ortho intramolecular Hbond substituents is 1. The second kappa shape index (κ2) is 3.58. The fraction of sp³-hybridized carbons (Fsp3) is 0.455. The van der Waals surface area contributed by atoms with E-state index in [1.54, 1.807) is 6.07 Å². The Hall–Kier alpha value is -1.09. The summed E-state index contributed by atoms with van der Waals surface area (Å²) in [5.41, 5.74) is 6.52.